The normalized spacial score (nSPS) is 15.0. The van der Waals surface area contributed by atoms with Gasteiger partial charge in [0.2, 0.25) is 5.95 Å². The number of hydrogen-bond donors (Lipinski definition) is 0. The Labute approximate surface area is 152 Å². The second kappa shape index (κ2) is 9.59. The Kier molecular flexibility index (Phi) is 7.47. The minimum Gasteiger partial charge on any atom is -0.341 e. The van der Waals surface area contributed by atoms with Crippen LogP contribution in [0.5, 0.6) is 0 Å². The predicted octanol–water partition coefficient (Wildman–Crippen LogP) is 3.92. The molecule has 0 atom stereocenters. The molecule has 140 valence electrons. The van der Waals surface area contributed by atoms with E-state index in [0.29, 0.717) is 12.6 Å². The fourth-order valence-corrected chi connectivity index (χ4v) is 3.65. The molecule has 0 aromatic carbocycles. The standard InChI is InChI=1S/C19H33N5O/c1-5-22(6-2)18-20-14-17(15-21-18)24(8-4)19(25)23(7-3)16-12-10-9-11-13-16/h14-16H,5-13H2,1-4H3. The zero-order chi connectivity index (χ0) is 18.2. The van der Waals surface area contributed by atoms with Crippen LogP contribution in [0, 0.1) is 0 Å². The van der Waals surface area contributed by atoms with Gasteiger partial charge in [-0.05, 0) is 40.5 Å². The lowest BCUT2D eigenvalue weighted by atomic mass is 9.94. The highest BCUT2D eigenvalue weighted by atomic mass is 16.2. The van der Waals surface area contributed by atoms with E-state index in [-0.39, 0.29) is 6.03 Å². The van der Waals surface area contributed by atoms with Gasteiger partial charge in [0, 0.05) is 32.2 Å². The highest BCUT2D eigenvalue weighted by Gasteiger charge is 2.28. The van der Waals surface area contributed by atoms with Crippen molar-refractivity contribution >= 4 is 17.7 Å². The van der Waals surface area contributed by atoms with Gasteiger partial charge < -0.3 is 9.80 Å². The quantitative estimate of drug-likeness (QED) is 0.750. The van der Waals surface area contributed by atoms with Crippen LogP contribution in [0.3, 0.4) is 0 Å². The number of nitrogens with zero attached hydrogens (tertiary/aromatic N) is 5. The van der Waals surface area contributed by atoms with Crippen molar-refractivity contribution in [3.63, 3.8) is 0 Å². The fraction of sp³-hybridized carbons (Fsp3) is 0.737. The van der Waals surface area contributed by atoms with Crippen LogP contribution in [0.1, 0.15) is 59.8 Å². The largest absolute Gasteiger partial charge is 0.341 e. The summed E-state index contributed by atoms with van der Waals surface area (Å²) in [4.78, 5) is 28.0. The lowest BCUT2D eigenvalue weighted by Crippen LogP contribution is -2.49. The predicted molar refractivity (Wildman–Crippen MR) is 103 cm³/mol. The van der Waals surface area contributed by atoms with E-state index in [9.17, 15) is 4.79 Å². The van der Waals surface area contributed by atoms with Crippen LogP contribution < -0.4 is 9.80 Å². The molecular weight excluding hydrogens is 314 g/mol. The molecular formula is C19H33N5O. The summed E-state index contributed by atoms with van der Waals surface area (Å²) in [5, 5.41) is 0. The lowest BCUT2D eigenvalue weighted by molar-refractivity contribution is 0.166. The zero-order valence-electron chi connectivity index (χ0n) is 16.2. The van der Waals surface area contributed by atoms with Crippen LogP contribution in [-0.4, -0.2) is 53.1 Å². The topological polar surface area (TPSA) is 52.6 Å². The van der Waals surface area contributed by atoms with Gasteiger partial charge >= 0.3 is 6.03 Å². The first-order valence-electron chi connectivity index (χ1n) is 9.81. The van der Waals surface area contributed by atoms with E-state index in [2.05, 4.69) is 35.6 Å². The molecule has 25 heavy (non-hydrogen) atoms. The molecule has 0 radical (unpaired) electrons. The van der Waals surface area contributed by atoms with Gasteiger partial charge in [-0.3, -0.25) is 4.90 Å². The second-order valence-corrected chi connectivity index (χ2v) is 6.52. The van der Waals surface area contributed by atoms with E-state index in [4.69, 9.17) is 0 Å². The van der Waals surface area contributed by atoms with Gasteiger partial charge in [-0.1, -0.05) is 19.3 Å². The lowest BCUT2D eigenvalue weighted by Gasteiger charge is -2.37. The summed E-state index contributed by atoms with van der Waals surface area (Å²) in [5.41, 5.74) is 0.776. The van der Waals surface area contributed by atoms with Crippen LogP contribution in [0.15, 0.2) is 12.4 Å². The Morgan fingerprint density at radius 2 is 1.56 bits per heavy atom. The van der Waals surface area contributed by atoms with Gasteiger partial charge in [-0.2, -0.15) is 0 Å². The van der Waals surface area contributed by atoms with E-state index in [1.54, 1.807) is 17.3 Å². The van der Waals surface area contributed by atoms with E-state index in [1.807, 2.05) is 11.8 Å². The summed E-state index contributed by atoms with van der Waals surface area (Å²) >= 11 is 0. The first kappa shape index (κ1) is 19.5. The van der Waals surface area contributed by atoms with Gasteiger partial charge in [0.15, 0.2) is 0 Å². The molecule has 2 rings (SSSR count). The first-order valence-corrected chi connectivity index (χ1v) is 9.81. The van der Waals surface area contributed by atoms with Crippen molar-refractivity contribution in [3.05, 3.63) is 12.4 Å². The van der Waals surface area contributed by atoms with Crippen LogP contribution in [0.25, 0.3) is 0 Å². The average molecular weight is 348 g/mol. The Morgan fingerprint density at radius 3 is 2.04 bits per heavy atom. The number of urea groups is 1. The maximum absolute atomic E-state index is 13.1. The molecule has 1 aromatic rings. The SMILES string of the molecule is CCN(CC)c1ncc(N(CC)C(=O)N(CC)C2CCCCC2)cn1. The fourth-order valence-electron chi connectivity index (χ4n) is 3.65. The number of anilines is 2. The molecule has 0 unspecified atom stereocenters. The molecule has 1 saturated carbocycles. The van der Waals surface area contributed by atoms with Crippen LogP contribution in [0.2, 0.25) is 0 Å². The summed E-state index contributed by atoms with van der Waals surface area (Å²) in [7, 11) is 0. The summed E-state index contributed by atoms with van der Waals surface area (Å²) in [6, 6.07) is 0.451. The van der Waals surface area contributed by atoms with Crippen molar-refractivity contribution in [1.29, 1.82) is 0 Å². The third-order valence-electron chi connectivity index (χ3n) is 5.13. The third kappa shape index (κ3) is 4.61. The number of hydrogen-bond acceptors (Lipinski definition) is 4. The van der Waals surface area contributed by atoms with Gasteiger partial charge in [0.25, 0.3) is 0 Å². The third-order valence-corrected chi connectivity index (χ3v) is 5.13. The highest BCUT2D eigenvalue weighted by Crippen LogP contribution is 2.25. The first-order chi connectivity index (χ1) is 12.2. The summed E-state index contributed by atoms with van der Waals surface area (Å²) in [6.45, 7) is 11.4. The second-order valence-electron chi connectivity index (χ2n) is 6.52. The van der Waals surface area contributed by atoms with Gasteiger partial charge in [0.05, 0.1) is 18.1 Å². The zero-order valence-corrected chi connectivity index (χ0v) is 16.2. The molecule has 0 saturated heterocycles. The Bertz CT molecular complexity index is 523. The highest BCUT2D eigenvalue weighted by molar-refractivity contribution is 5.91. The molecule has 0 aliphatic heterocycles. The molecule has 0 spiro atoms. The molecule has 1 aliphatic rings. The van der Waals surface area contributed by atoms with Crippen molar-refractivity contribution in [1.82, 2.24) is 14.9 Å². The van der Waals surface area contributed by atoms with Crippen molar-refractivity contribution in [2.75, 3.05) is 36.0 Å². The number of amides is 2. The van der Waals surface area contributed by atoms with Crippen LogP contribution in [0.4, 0.5) is 16.4 Å². The smallest absolute Gasteiger partial charge is 0.324 e. The maximum atomic E-state index is 13.1. The molecule has 1 fully saturated rings. The molecule has 0 N–H and O–H groups in total. The molecule has 6 nitrogen and oxygen atoms in total. The van der Waals surface area contributed by atoms with Crippen LogP contribution >= 0.6 is 0 Å². The maximum Gasteiger partial charge on any atom is 0.324 e. The Hall–Kier alpha value is -1.85. The monoisotopic (exact) mass is 347 g/mol. The number of carbonyl (C=O) groups excluding carboxylic acids is 1. The van der Waals surface area contributed by atoms with Crippen molar-refractivity contribution in [3.8, 4) is 0 Å². The Morgan fingerprint density at radius 1 is 0.960 bits per heavy atom. The molecule has 0 bridgehead atoms. The van der Waals surface area contributed by atoms with Gasteiger partial charge in [0.1, 0.15) is 0 Å². The van der Waals surface area contributed by atoms with E-state index < -0.39 is 0 Å². The van der Waals surface area contributed by atoms with Crippen molar-refractivity contribution in [2.45, 2.75) is 65.8 Å². The summed E-state index contributed by atoms with van der Waals surface area (Å²) in [5.74, 6) is 0.719. The van der Waals surface area contributed by atoms with Crippen molar-refractivity contribution < 1.29 is 4.79 Å². The molecule has 1 aromatic heterocycles. The summed E-state index contributed by atoms with van der Waals surface area (Å²) in [6.07, 6.45) is 9.53. The minimum absolute atomic E-state index is 0.0797. The van der Waals surface area contributed by atoms with E-state index in [1.165, 1.54) is 19.3 Å². The Balaban J connectivity index is 2.15. The van der Waals surface area contributed by atoms with Crippen molar-refractivity contribution in [2.24, 2.45) is 0 Å². The molecule has 6 heteroatoms. The van der Waals surface area contributed by atoms with E-state index >= 15 is 0 Å². The van der Waals surface area contributed by atoms with Gasteiger partial charge in [-0.15, -0.1) is 0 Å². The van der Waals surface area contributed by atoms with Crippen LogP contribution in [-0.2, 0) is 0 Å². The average Bonchev–Trinajstić information content (AvgIpc) is 2.66. The number of carbonyl (C=O) groups is 1. The molecule has 1 aliphatic carbocycles. The summed E-state index contributed by atoms with van der Waals surface area (Å²) < 4.78 is 0. The minimum atomic E-state index is 0.0797. The van der Waals surface area contributed by atoms with E-state index in [0.717, 1.165) is 44.1 Å². The molecule has 1 heterocycles. The number of rotatable bonds is 7. The van der Waals surface area contributed by atoms with Gasteiger partial charge in [-0.25, -0.2) is 14.8 Å². The number of aromatic nitrogens is 2. The molecule has 2 amide bonds.